The number of sulfonamides is 1. The second-order valence-electron chi connectivity index (χ2n) is 8.92. The molecule has 4 rings (SSSR count). The molecule has 2 aliphatic rings. The van der Waals surface area contributed by atoms with Crippen molar-refractivity contribution in [3.8, 4) is 11.5 Å². The van der Waals surface area contributed by atoms with Crippen LogP contribution in [0.5, 0.6) is 11.5 Å². The molecule has 2 amide bonds. The van der Waals surface area contributed by atoms with Gasteiger partial charge in [0.05, 0.1) is 24.1 Å². The lowest BCUT2D eigenvalue weighted by molar-refractivity contribution is -0.121. The third-order valence-electron chi connectivity index (χ3n) is 6.74. The Morgan fingerprint density at radius 1 is 1.06 bits per heavy atom. The van der Waals surface area contributed by atoms with Crippen LogP contribution in [0.1, 0.15) is 31.7 Å². The number of nitrogens with zero attached hydrogens (tertiary/aromatic N) is 2. The van der Waals surface area contributed by atoms with E-state index in [1.54, 1.807) is 35.2 Å². The van der Waals surface area contributed by atoms with Crippen molar-refractivity contribution in [2.24, 2.45) is 5.92 Å². The molecule has 0 aromatic heterocycles. The number of carbonyl (C=O) groups is 2. The molecule has 2 aliphatic heterocycles. The third-order valence-corrected chi connectivity index (χ3v) is 8.94. The number of hydrogen-bond donors (Lipinski definition) is 1. The summed E-state index contributed by atoms with van der Waals surface area (Å²) in [5.41, 5.74) is 1.99. The number of nitrogens with one attached hydrogen (secondary N) is 1. The average molecular weight is 536 g/mol. The topological polar surface area (TPSA) is 105 Å². The molecule has 36 heavy (non-hydrogen) atoms. The van der Waals surface area contributed by atoms with Crippen molar-refractivity contribution in [1.29, 1.82) is 0 Å². The summed E-state index contributed by atoms with van der Waals surface area (Å²) in [6.07, 6.45) is 2.27. The monoisotopic (exact) mass is 535 g/mol. The van der Waals surface area contributed by atoms with Crippen LogP contribution >= 0.6 is 11.6 Å². The van der Waals surface area contributed by atoms with Gasteiger partial charge in [0.2, 0.25) is 21.8 Å². The number of ether oxygens (including phenoxy) is 2. The van der Waals surface area contributed by atoms with Crippen LogP contribution in [0.2, 0.25) is 5.02 Å². The Hall–Kier alpha value is -2.82. The predicted molar refractivity (Wildman–Crippen MR) is 137 cm³/mol. The van der Waals surface area contributed by atoms with Crippen molar-refractivity contribution in [2.45, 2.75) is 37.5 Å². The van der Waals surface area contributed by atoms with E-state index in [4.69, 9.17) is 21.1 Å². The zero-order valence-corrected chi connectivity index (χ0v) is 22.1. The molecule has 2 heterocycles. The lowest BCUT2D eigenvalue weighted by atomic mass is 9.97. The second kappa shape index (κ2) is 10.7. The van der Waals surface area contributed by atoms with Gasteiger partial charge in [-0.1, -0.05) is 11.6 Å². The fourth-order valence-corrected chi connectivity index (χ4v) is 6.52. The fraction of sp³-hybridized carbons (Fsp3) is 0.440. The molecule has 2 aromatic rings. The second-order valence-corrected chi connectivity index (χ2v) is 11.3. The molecule has 194 valence electrons. The first-order valence-electron chi connectivity index (χ1n) is 11.8. The summed E-state index contributed by atoms with van der Waals surface area (Å²) in [6.45, 7) is 2.60. The maximum absolute atomic E-state index is 13.3. The van der Waals surface area contributed by atoms with Crippen LogP contribution in [0, 0.1) is 5.92 Å². The van der Waals surface area contributed by atoms with Crippen LogP contribution < -0.4 is 19.7 Å². The van der Waals surface area contributed by atoms with Crippen LogP contribution in [0.4, 0.5) is 11.4 Å². The molecule has 0 radical (unpaired) electrons. The molecule has 2 aromatic carbocycles. The molecule has 11 heteroatoms. The van der Waals surface area contributed by atoms with Gasteiger partial charge in [-0.15, -0.1) is 0 Å². The highest BCUT2D eigenvalue weighted by atomic mass is 35.5. The number of aryl methyl sites for hydroxylation is 1. The summed E-state index contributed by atoms with van der Waals surface area (Å²) < 4.78 is 38.6. The number of hydrogen-bond acceptors (Lipinski definition) is 6. The number of methoxy groups -OCH3 is 2. The molecular weight excluding hydrogens is 506 g/mol. The quantitative estimate of drug-likeness (QED) is 0.604. The summed E-state index contributed by atoms with van der Waals surface area (Å²) in [5.74, 6) is 0.218. The number of carbonyl (C=O) groups excluding carboxylic acids is 2. The van der Waals surface area contributed by atoms with Gasteiger partial charge < -0.3 is 19.7 Å². The van der Waals surface area contributed by atoms with Gasteiger partial charge >= 0.3 is 0 Å². The Morgan fingerprint density at radius 2 is 1.78 bits per heavy atom. The maximum atomic E-state index is 13.3. The molecule has 1 fully saturated rings. The molecular formula is C25H30ClN3O6S. The van der Waals surface area contributed by atoms with E-state index in [9.17, 15) is 18.0 Å². The predicted octanol–water partition coefficient (Wildman–Crippen LogP) is 3.70. The van der Waals surface area contributed by atoms with E-state index < -0.39 is 10.0 Å². The molecule has 1 saturated heterocycles. The van der Waals surface area contributed by atoms with E-state index in [2.05, 4.69) is 5.32 Å². The normalized spacial score (nSPS) is 16.8. The Labute approximate surface area is 216 Å². The number of rotatable bonds is 6. The highest BCUT2D eigenvalue weighted by Crippen LogP contribution is 2.38. The molecule has 0 saturated carbocycles. The summed E-state index contributed by atoms with van der Waals surface area (Å²) in [4.78, 5) is 26.8. The highest BCUT2D eigenvalue weighted by Gasteiger charge is 2.33. The number of halogens is 1. The van der Waals surface area contributed by atoms with Crippen molar-refractivity contribution in [3.05, 3.63) is 40.9 Å². The maximum Gasteiger partial charge on any atom is 0.243 e. The zero-order chi connectivity index (χ0) is 26.0. The molecule has 0 unspecified atom stereocenters. The van der Waals surface area contributed by atoms with E-state index in [1.165, 1.54) is 25.4 Å². The summed E-state index contributed by atoms with van der Waals surface area (Å²) in [5, 5.41) is 3.12. The van der Waals surface area contributed by atoms with Crippen LogP contribution in [0.15, 0.2) is 35.2 Å². The molecule has 0 bridgehead atoms. The van der Waals surface area contributed by atoms with Gasteiger partial charge in [0.1, 0.15) is 17.2 Å². The van der Waals surface area contributed by atoms with Crippen LogP contribution in [0.25, 0.3) is 0 Å². The number of benzene rings is 2. The number of piperidine rings is 1. The first kappa shape index (κ1) is 26.2. The zero-order valence-electron chi connectivity index (χ0n) is 20.5. The number of anilines is 2. The Morgan fingerprint density at radius 3 is 2.42 bits per heavy atom. The average Bonchev–Trinajstić information content (AvgIpc) is 2.88. The summed E-state index contributed by atoms with van der Waals surface area (Å²) >= 11 is 6.32. The molecule has 0 atom stereocenters. The minimum Gasteiger partial charge on any atom is -0.497 e. The summed E-state index contributed by atoms with van der Waals surface area (Å²) in [7, 11) is -0.738. The van der Waals surface area contributed by atoms with Gasteiger partial charge in [-0.25, -0.2) is 8.42 Å². The molecule has 0 spiro atoms. The van der Waals surface area contributed by atoms with Gasteiger partial charge in [0.15, 0.2) is 0 Å². The number of fused-ring (bicyclic) bond motifs is 1. The van der Waals surface area contributed by atoms with Crippen LogP contribution in [-0.4, -0.2) is 58.4 Å². The first-order chi connectivity index (χ1) is 17.1. The number of amides is 2. The standard InChI is InChI=1S/C25H30ClN3O6S/c1-16(30)29-10-4-5-18-13-20(6-7-22(18)29)36(32,33)28-11-8-17(9-12-28)25(31)27-24-21(26)14-19(34-2)15-23(24)35-3/h6-7,13-15,17H,4-5,8-12H2,1-3H3,(H,27,31). The smallest absolute Gasteiger partial charge is 0.243 e. The van der Waals surface area contributed by atoms with Gasteiger partial charge in [0.25, 0.3) is 0 Å². The largest absolute Gasteiger partial charge is 0.497 e. The minimum atomic E-state index is -3.72. The van der Waals surface area contributed by atoms with Gasteiger partial charge in [-0.05, 0) is 49.4 Å². The molecule has 9 nitrogen and oxygen atoms in total. The van der Waals surface area contributed by atoms with E-state index in [0.29, 0.717) is 36.6 Å². The molecule has 1 N–H and O–H groups in total. The third kappa shape index (κ3) is 5.16. The van der Waals surface area contributed by atoms with E-state index in [0.717, 1.165) is 24.1 Å². The van der Waals surface area contributed by atoms with Crippen molar-refractivity contribution in [2.75, 3.05) is 44.1 Å². The Bertz CT molecular complexity index is 1270. The van der Waals surface area contributed by atoms with Crippen molar-refractivity contribution >= 4 is 44.8 Å². The van der Waals surface area contributed by atoms with Gasteiger partial charge in [-0.3, -0.25) is 9.59 Å². The van der Waals surface area contributed by atoms with Crippen molar-refractivity contribution in [3.63, 3.8) is 0 Å². The van der Waals surface area contributed by atoms with Gasteiger partial charge in [-0.2, -0.15) is 4.31 Å². The lowest BCUT2D eigenvalue weighted by Gasteiger charge is -2.32. The first-order valence-corrected chi connectivity index (χ1v) is 13.6. The van der Waals surface area contributed by atoms with E-state index >= 15 is 0 Å². The Kier molecular flexibility index (Phi) is 7.77. The lowest BCUT2D eigenvalue weighted by Crippen LogP contribution is -2.41. The van der Waals surface area contributed by atoms with E-state index in [1.807, 2.05) is 0 Å². The van der Waals surface area contributed by atoms with Crippen LogP contribution in [0.3, 0.4) is 0 Å². The highest BCUT2D eigenvalue weighted by molar-refractivity contribution is 7.89. The molecule has 0 aliphatic carbocycles. The summed E-state index contributed by atoms with van der Waals surface area (Å²) in [6, 6.07) is 8.17. The Balaban J connectivity index is 1.44. The van der Waals surface area contributed by atoms with Crippen molar-refractivity contribution in [1.82, 2.24) is 4.31 Å². The SMILES string of the molecule is COc1cc(Cl)c(NC(=O)C2CCN(S(=O)(=O)c3ccc4c(c3)CCCN4C(C)=O)CC2)c(OC)c1. The van der Waals surface area contributed by atoms with Crippen LogP contribution in [-0.2, 0) is 26.0 Å². The van der Waals surface area contributed by atoms with Gasteiger partial charge in [0, 0.05) is 50.3 Å². The van der Waals surface area contributed by atoms with Crippen molar-refractivity contribution < 1.29 is 27.5 Å². The minimum absolute atomic E-state index is 0.0551. The van der Waals surface area contributed by atoms with E-state index in [-0.39, 0.29) is 40.7 Å². The fourth-order valence-electron chi connectivity index (χ4n) is 4.75.